The van der Waals surface area contributed by atoms with Gasteiger partial charge in [-0.25, -0.2) is 43.3 Å². The van der Waals surface area contributed by atoms with Crippen molar-refractivity contribution in [1.29, 1.82) is 0 Å². The summed E-state index contributed by atoms with van der Waals surface area (Å²) in [6.07, 6.45) is -0.881. The van der Waals surface area contributed by atoms with Crippen LogP contribution in [0.2, 0.25) is 0 Å². The molecule has 1 heterocycles. The van der Waals surface area contributed by atoms with Crippen LogP contribution in [0, 0.1) is 13.8 Å². The largest absolute Gasteiger partial charge is 0.744 e. The van der Waals surface area contributed by atoms with E-state index in [9.17, 15) is 102 Å². The van der Waals surface area contributed by atoms with E-state index >= 15 is 0 Å². The van der Waals surface area contributed by atoms with Crippen LogP contribution in [0.25, 0.3) is 22.5 Å². The summed E-state index contributed by atoms with van der Waals surface area (Å²) in [5.74, 6) is -4.62. The van der Waals surface area contributed by atoms with Crippen LogP contribution in [0.3, 0.4) is 0 Å². The van der Waals surface area contributed by atoms with E-state index in [1.165, 1.54) is 6.26 Å². The van der Waals surface area contributed by atoms with Crippen molar-refractivity contribution in [3.05, 3.63) is 246 Å². The summed E-state index contributed by atoms with van der Waals surface area (Å²) >= 11 is 0. The molecule has 0 amide bonds. The summed E-state index contributed by atoms with van der Waals surface area (Å²) in [7, 11) is -20.3. The number of hydrogen-bond donors (Lipinski definition) is 8. The van der Waals surface area contributed by atoms with Crippen LogP contribution in [0.1, 0.15) is 100 Å². The van der Waals surface area contributed by atoms with E-state index in [0.29, 0.717) is 33.6 Å². The van der Waals surface area contributed by atoms with E-state index in [0.717, 1.165) is 48.5 Å². The standard InChI is InChI=1S/C37H32O12S2.C35H30O13S2/c1-20-7-23-11-25-15-31(50(43,44)45)17-27(35(25)41)13-29-9-22(21-5-3-2-4-6-21)10-30(37(29)49-19-33(38)39)14-28-18-32(51(46,47)48)16-26(36(28)42)12-24(8-20)34(23)40;1-18-5-20-9-22-13-28(49(41,42)43)15-24(33(22)39)11-26-7-19(30-3-2-4-47-30)8-27(35(26)48-17-31(36)37)12-25-16-29(50(44,45)46)14-23(34(25)40)10-21(6-18)32(20)38/h2-10,15-18,40-42H,11-14,19H2,1H3,(H,38,39)(H,43,44,45)(H,46,47,48);2-8,13-16,38-40H,9-12,17H2,1H3,(H,36,37)(H,41,42,43)(H,44,45,46)/p-4. The van der Waals surface area contributed by atoms with Crippen molar-refractivity contribution in [2.45, 2.75) is 84.8 Å². The molecule has 0 saturated carbocycles. The molecule has 2 aliphatic rings. The van der Waals surface area contributed by atoms with E-state index in [1.54, 1.807) is 105 Å². The molecule has 16 bridgehead atoms. The lowest BCUT2D eigenvalue weighted by Gasteiger charge is -2.22. The number of ether oxygens (including phenoxy) is 2. The van der Waals surface area contributed by atoms with Crippen molar-refractivity contribution < 1.29 is 116 Å². The van der Waals surface area contributed by atoms with Crippen molar-refractivity contribution in [2.24, 2.45) is 0 Å². The highest BCUT2D eigenvalue weighted by Gasteiger charge is 2.28. The molecule has 1 aromatic heterocycles. The number of hydrogen-bond acceptors (Lipinski definition) is 23. The van der Waals surface area contributed by atoms with E-state index in [1.807, 2.05) is 0 Å². The maximum absolute atomic E-state index is 12.4. The summed E-state index contributed by atoms with van der Waals surface area (Å²) < 4.78 is 165. The van der Waals surface area contributed by atoms with E-state index in [2.05, 4.69) is 0 Å². The molecule has 101 heavy (non-hydrogen) atoms. The fourth-order valence-electron chi connectivity index (χ4n) is 12.7. The number of carboxylic acid groups (broad SMARTS) is 2. The fourth-order valence-corrected chi connectivity index (χ4v) is 15.0. The molecule has 8 N–H and O–H groups in total. The number of aryl methyl sites for hydroxylation is 2. The van der Waals surface area contributed by atoms with Gasteiger partial charge in [0, 0.05) is 56.9 Å². The van der Waals surface area contributed by atoms with Crippen molar-refractivity contribution in [3.63, 3.8) is 0 Å². The van der Waals surface area contributed by atoms with Crippen molar-refractivity contribution in [2.75, 3.05) is 13.2 Å². The number of phenolic OH excluding ortho intramolecular Hbond substituents is 6. The highest BCUT2D eigenvalue weighted by atomic mass is 32.2. The van der Waals surface area contributed by atoms with E-state index in [-0.39, 0.29) is 175 Å². The van der Waals surface area contributed by atoms with Crippen LogP contribution < -0.4 is 9.47 Å². The number of benzene rings is 9. The van der Waals surface area contributed by atoms with Gasteiger partial charge >= 0.3 is 11.9 Å². The number of furan rings is 1. The molecule has 0 radical (unpaired) electrons. The van der Waals surface area contributed by atoms with Crippen molar-refractivity contribution in [3.8, 4) is 68.4 Å². The molecule has 0 saturated heterocycles. The average molecular weight is 1450 g/mol. The molecule has 0 unspecified atom stereocenters. The van der Waals surface area contributed by atoms with Crippen molar-refractivity contribution in [1.82, 2.24) is 0 Å². The zero-order valence-corrected chi connectivity index (χ0v) is 56.3. The minimum absolute atomic E-state index is 0.0158. The van der Waals surface area contributed by atoms with Crippen LogP contribution in [-0.2, 0) is 101 Å². The molecule has 29 heteroatoms. The molecule has 0 atom stereocenters. The third-order valence-corrected chi connectivity index (χ3v) is 20.3. The zero-order valence-electron chi connectivity index (χ0n) is 53.1. The molecule has 9 aromatic carbocycles. The number of carboxylic acids is 2. The van der Waals surface area contributed by atoms with Gasteiger partial charge < -0.3 is 73.0 Å². The fraction of sp³-hybridized carbons (Fsp3) is 0.167. The first-order valence-corrected chi connectivity index (χ1v) is 36.0. The maximum atomic E-state index is 12.4. The Morgan fingerprint density at radius 2 is 0.594 bits per heavy atom. The minimum Gasteiger partial charge on any atom is -0.744 e. The number of rotatable bonds is 12. The number of aliphatic carboxylic acids is 2. The Hall–Kier alpha value is -10.8. The SMILES string of the molecule is Cc1cc2c(O)c(c1)Cc1cc(S(=O)(=O)[O-])cc(c1O)Cc1cc(-c3ccccc3)cc(c1OCC(=O)O)Cc1cc(S(=O)(=O)[O-])cc(c1O)C2.Cc1cc2c(O)c(c1)Cc1cc(S(=O)(=O)[O-])cc(c1O)Cc1cc(-c3ccco3)cc(c1OCC(=O)O)Cc1cc(S(=O)(=O)[O-])cc(c1O)C2. The maximum Gasteiger partial charge on any atom is 0.341 e. The zero-order chi connectivity index (χ0) is 72.9. The van der Waals surface area contributed by atoms with Crippen LogP contribution in [0.5, 0.6) is 46.0 Å². The number of phenols is 6. The second-order valence-corrected chi connectivity index (χ2v) is 29.9. The normalized spacial score (nSPS) is 13.1. The van der Waals surface area contributed by atoms with E-state index < -0.39 is 96.7 Å². The van der Waals surface area contributed by atoms with E-state index in [4.69, 9.17) is 13.9 Å². The summed E-state index contributed by atoms with van der Waals surface area (Å²) in [6.45, 7) is 1.70. The van der Waals surface area contributed by atoms with Gasteiger partial charge in [-0.1, -0.05) is 65.7 Å². The Kier molecular flexibility index (Phi) is 19.7. The average Bonchev–Trinajstić information content (AvgIpc) is 1.13. The molecule has 524 valence electrons. The number of fused-ring (bicyclic) bond motifs is 16. The molecular formula is C72H58O25S4-4. The Morgan fingerprint density at radius 3 is 0.832 bits per heavy atom. The molecule has 0 aliphatic heterocycles. The van der Waals surface area contributed by atoms with Gasteiger partial charge in [0.25, 0.3) is 0 Å². The highest BCUT2D eigenvalue weighted by Crippen LogP contribution is 2.45. The quantitative estimate of drug-likeness (QED) is 0.0528. The summed E-state index contributed by atoms with van der Waals surface area (Å²) in [5.41, 5.74) is 4.31. The first-order chi connectivity index (χ1) is 47.4. The third kappa shape index (κ3) is 16.0. The lowest BCUT2D eigenvalue weighted by atomic mass is 9.89. The lowest BCUT2D eigenvalue weighted by Crippen LogP contribution is -2.13. The highest BCUT2D eigenvalue weighted by molar-refractivity contribution is 7.86. The molecule has 0 fully saturated rings. The topological polar surface area (TPSA) is 456 Å². The van der Waals surface area contributed by atoms with Crippen LogP contribution in [0.15, 0.2) is 170 Å². The Labute approximate surface area is 577 Å². The second kappa shape index (κ2) is 27.7. The van der Waals surface area contributed by atoms with Gasteiger partial charge in [-0.15, -0.1) is 0 Å². The molecular weight excluding hydrogens is 1390 g/mol. The van der Waals surface area contributed by atoms with Crippen LogP contribution in [-0.4, -0.2) is 118 Å². The van der Waals surface area contributed by atoms with Crippen molar-refractivity contribution >= 4 is 52.4 Å². The smallest absolute Gasteiger partial charge is 0.341 e. The Bertz CT molecular complexity index is 5240. The Morgan fingerprint density at radius 1 is 0.347 bits per heavy atom. The predicted octanol–water partition coefficient (Wildman–Crippen LogP) is 9.05. The molecule has 12 rings (SSSR count). The van der Waals surface area contributed by atoms with Crippen LogP contribution >= 0.6 is 0 Å². The van der Waals surface area contributed by atoms with Gasteiger partial charge in [-0.3, -0.25) is 0 Å². The second-order valence-electron chi connectivity index (χ2n) is 24.4. The molecule has 25 nitrogen and oxygen atoms in total. The van der Waals surface area contributed by atoms with Gasteiger partial charge in [0.1, 0.15) is 92.2 Å². The molecule has 0 spiro atoms. The van der Waals surface area contributed by atoms with Gasteiger partial charge in [0.05, 0.1) is 25.8 Å². The first-order valence-electron chi connectivity index (χ1n) is 30.4. The van der Waals surface area contributed by atoms with Gasteiger partial charge in [-0.05, 0) is 199 Å². The van der Waals surface area contributed by atoms with Gasteiger partial charge in [0.2, 0.25) is 0 Å². The molecule has 10 aromatic rings. The Balaban J connectivity index is 0.000000203. The predicted molar refractivity (Wildman–Crippen MR) is 355 cm³/mol. The number of aromatic hydroxyl groups is 6. The van der Waals surface area contributed by atoms with Gasteiger partial charge in [0.15, 0.2) is 13.2 Å². The first kappa shape index (κ1) is 71.5. The lowest BCUT2D eigenvalue weighted by molar-refractivity contribution is -0.140. The summed E-state index contributed by atoms with van der Waals surface area (Å²) in [6, 6.07) is 32.8. The summed E-state index contributed by atoms with van der Waals surface area (Å²) in [4.78, 5) is 20.8. The van der Waals surface area contributed by atoms with Gasteiger partial charge in [-0.2, -0.15) is 0 Å². The van der Waals surface area contributed by atoms with Crippen LogP contribution in [0.4, 0.5) is 0 Å². The summed E-state index contributed by atoms with van der Waals surface area (Å²) in [5, 5.41) is 88.0. The monoisotopic (exact) mass is 1450 g/mol. The molecule has 2 aliphatic carbocycles. The minimum atomic E-state index is -5.07. The number of carbonyl (C=O) groups is 2. The third-order valence-electron chi connectivity index (χ3n) is 17.1.